The summed E-state index contributed by atoms with van der Waals surface area (Å²) < 4.78 is 71.0. The highest BCUT2D eigenvalue weighted by molar-refractivity contribution is 7.89. The van der Waals surface area contributed by atoms with Gasteiger partial charge >= 0.3 is 0 Å². The lowest BCUT2D eigenvalue weighted by Crippen LogP contribution is -2.46. The van der Waals surface area contributed by atoms with Gasteiger partial charge in [0.05, 0.1) is 4.90 Å². The van der Waals surface area contributed by atoms with E-state index in [1.807, 2.05) is 7.05 Å². The lowest BCUT2D eigenvalue weighted by atomic mass is 10.1. The number of carbonyl (C=O) groups excluding carboxylic acids is 1. The average Bonchev–Trinajstić information content (AvgIpc) is 2.81. The first-order valence-corrected chi connectivity index (χ1v) is 11.2. The Morgan fingerprint density at radius 2 is 1.76 bits per heavy atom. The minimum Gasteiger partial charge on any atom is -0.457 e. The van der Waals surface area contributed by atoms with E-state index in [1.165, 1.54) is 46.8 Å². The minimum atomic E-state index is -3.61. The molecule has 0 unspecified atom stereocenters. The zero-order valence-corrected chi connectivity index (χ0v) is 18.7. The van der Waals surface area contributed by atoms with Gasteiger partial charge in [-0.15, -0.1) is 5.12 Å². The van der Waals surface area contributed by atoms with Gasteiger partial charge in [0.1, 0.15) is 11.5 Å². The Balaban J connectivity index is 1.72. The minimum absolute atomic E-state index is 0.145. The van der Waals surface area contributed by atoms with Crippen molar-refractivity contribution in [2.45, 2.75) is 11.8 Å². The Labute approximate surface area is 188 Å². The number of likely N-dealkylation sites (N-methyl/N-ethyl adjacent to an activating group) is 1. The number of aryl methyl sites for hydroxylation is 1. The van der Waals surface area contributed by atoms with Crippen molar-refractivity contribution in [2.24, 2.45) is 5.21 Å². The molecule has 178 valence electrons. The van der Waals surface area contributed by atoms with E-state index in [2.05, 4.69) is 4.90 Å². The van der Waals surface area contributed by atoms with Crippen LogP contribution in [0, 0.1) is 6.92 Å². The molecule has 2 aromatic carbocycles. The van der Waals surface area contributed by atoms with Crippen LogP contribution in [0.25, 0.3) is 0 Å². The average molecular weight is 485 g/mol. The van der Waals surface area contributed by atoms with Crippen LogP contribution in [0.3, 0.4) is 0 Å². The van der Waals surface area contributed by atoms with E-state index in [9.17, 15) is 26.7 Å². The number of carbonyl (C=O) groups is 1. The number of rotatable bonds is 5. The fraction of sp³-hybridized carbons (Fsp3) is 0.300. The van der Waals surface area contributed by atoms with E-state index in [1.54, 1.807) is 12.1 Å². The van der Waals surface area contributed by atoms with E-state index in [4.69, 9.17) is 4.74 Å². The molecule has 0 aromatic heterocycles. The lowest BCUT2D eigenvalue weighted by Gasteiger charge is -2.31. The van der Waals surface area contributed by atoms with Gasteiger partial charge in [-0.3, -0.25) is 4.79 Å². The Kier molecular flexibility index (Phi) is 7.56. The van der Waals surface area contributed by atoms with E-state index in [0.717, 1.165) is 0 Å². The first-order valence-electron chi connectivity index (χ1n) is 9.80. The van der Waals surface area contributed by atoms with E-state index < -0.39 is 27.0 Å². The molecule has 1 saturated heterocycles. The van der Waals surface area contributed by atoms with Gasteiger partial charge in [0.25, 0.3) is 11.9 Å². The number of guanidine groups is 1. The number of sulfonamides is 1. The van der Waals surface area contributed by atoms with Crippen molar-refractivity contribution >= 4 is 21.9 Å². The fourth-order valence-corrected chi connectivity index (χ4v) is 4.60. The maximum absolute atomic E-state index is 13.7. The molecule has 0 spiro atoms. The van der Waals surface area contributed by atoms with Crippen LogP contribution in [0.1, 0.15) is 15.9 Å². The fourth-order valence-electron chi connectivity index (χ4n) is 3.18. The van der Waals surface area contributed by atoms with Gasteiger partial charge in [0.2, 0.25) is 10.0 Å². The monoisotopic (exact) mass is 485 g/mol. The van der Waals surface area contributed by atoms with Crippen molar-refractivity contribution in [2.75, 3.05) is 33.2 Å². The van der Waals surface area contributed by atoms with Gasteiger partial charge in [-0.05, 0) is 67.2 Å². The van der Waals surface area contributed by atoms with Crippen molar-refractivity contribution in [1.82, 2.24) is 19.9 Å². The lowest BCUT2D eigenvalue weighted by molar-refractivity contribution is 0.0494. The zero-order valence-electron chi connectivity index (χ0n) is 17.8. The number of amides is 1. The largest absolute Gasteiger partial charge is 0.457 e. The molecule has 2 aromatic rings. The normalized spacial score (nSPS) is 15.8. The van der Waals surface area contributed by atoms with E-state index >= 15 is 0 Å². The maximum Gasteiger partial charge on any atom is 0.293 e. The number of halogens is 3. The zero-order chi connectivity index (χ0) is 24.2. The summed E-state index contributed by atoms with van der Waals surface area (Å²) in [7, 11) is -1.68. The molecule has 1 aliphatic rings. The van der Waals surface area contributed by atoms with E-state index in [-0.39, 0.29) is 10.5 Å². The van der Waals surface area contributed by atoms with Gasteiger partial charge in [-0.25, -0.2) is 8.42 Å². The Morgan fingerprint density at radius 1 is 1.12 bits per heavy atom. The molecule has 1 heterocycles. The predicted octanol–water partition coefficient (Wildman–Crippen LogP) is 2.76. The number of piperazine rings is 1. The number of ether oxygens (including phenoxy) is 1. The van der Waals surface area contributed by atoms with Crippen LogP contribution in [-0.4, -0.2) is 67.8 Å². The SMILES string of the molecule is Cc1cc(C(=O)N(F)C(=NF)NF)ccc1Oc1ccc(S(=O)(=O)N2CCN(C)CC2)cc1. The van der Waals surface area contributed by atoms with Crippen LogP contribution in [-0.2, 0) is 10.0 Å². The van der Waals surface area contributed by atoms with E-state index in [0.29, 0.717) is 48.8 Å². The standard InChI is InChI=1S/C20H22F3N5O4S/c1-14-13-15(19(29)28(23)20(24-21)25-22)3-8-18(14)32-16-4-6-17(7-5-16)33(30,31)27-11-9-26(2)10-12-27/h3-8,13H,9-12H2,1-2H3,(H,24,25). The highest BCUT2D eigenvalue weighted by Gasteiger charge is 2.27. The van der Waals surface area contributed by atoms with Crippen molar-refractivity contribution in [1.29, 1.82) is 0 Å². The number of hydrogen-bond donors (Lipinski definition) is 1. The van der Waals surface area contributed by atoms with Gasteiger partial charge < -0.3 is 9.64 Å². The third kappa shape index (κ3) is 5.43. The first-order chi connectivity index (χ1) is 15.7. The summed E-state index contributed by atoms with van der Waals surface area (Å²) in [5.74, 6) is -2.22. The van der Waals surface area contributed by atoms with Crippen molar-refractivity contribution in [3.05, 3.63) is 53.6 Å². The molecule has 0 saturated carbocycles. The second kappa shape index (κ2) is 10.2. The molecule has 1 fully saturated rings. The third-order valence-corrected chi connectivity index (χ3v) is 7.02. The summed E-state index contributed by atoms with van der Waals surface area (Å²) in [5, 5.41) is 0.984. The van der Waals surface area contributed by atoms with Crippen LogP contribution in [0.2, 0.25) is 0 Å². The summed E-state index contributed by atoms with van der Waals surface area (Å²) in [6, 6.07) is 9.74. The molecular weight excluding hydrogens is 463 g/mol. The number of nitrogens with one attached hydrogen (secondary N) is 1. The van der Waals surface area contributed by atoms with Crippen molar-refractivity contribution in [3.63, 3.8) is 0 Å². The summed E-state index contributed by atoms with van der Waals surface area (Å²) in [6.07, 6.45) is 0. The molecule has 3 rings (SSSR count). The highest BCUT2D eigenvalue weighted by Crippen LogP contribution is 2.28. The Bertz CT molecular complexity index is 1140. The molecular formula is C20H22F3N5O4S. The van der Waals surface area contributed by atoms with Crippen LogP contribution in [0.5, 0.6) is 11.5 Å². The molecule has 33 heavy (non-hydrogen) atoms. The van der Waals surface area contributed by atoms with Gasteiger partial charge in [-0.2, -0.15) is 9.84 Å². The van der Waals surface area contributed by atoms with Crippen LogP contribution in [0.15, 0.2) is 52.6 Å². The number of benzene rings is 2. The quantitative estimate of drug-likeness (QED) is 0.398. The molecule has 0 atom stereocenters. The van der Waals surface area contributed by atoms with Crippen molar-refractivity contribution in [3.8, 4) is 11.5 Å². The third-order valence-electron chi connectivity index (χ3n) is 5.10. The summed E-state index contributed by atoms with van der Waals surface area (Å²) in [4.78, 5) is 14.2. The number of nitrogens with zero attached hydrogens (tertiary/aromatic N) is 4. The summed E-state index contributed by atoms with van der Waals surface area (Å²) in [5.41, 5.74) is 0.856. The molecule has 0 aliphatic carbocycles. The molecule has 0 bridgehead atoms. The maximum atomic E-state index is 13.7. The smallest absolute Gasteiger partial charge is 0.293 e. The van der Waals surface area contributed by atoms with Gasteiger partial charge in [0, 0.05) is 31.7 Å². The second-order valence-corrected chi connectivity index (χ2v) is 9.29. The van der Waals surface area contributed by atoms with Crippen LogP contribution in [0.4, 0.5) is 13.4 Å². The van der Waals surface area contributed by atoms with Gasteiger partial charge in [-0.1, -0.05) is 13.4 Å². The topological polar surface area (TPSA) is 94.5 Å². The molecule has 13 heteroatoms. The molecule has 1 N–H and O–H groups in total. The molecule has 9 nitrogen and oxygen atoms in total. The predicted molar refractivity (Wildman–Crippen MR) is 114 cm³/mol. The summed E-state index contributed by atoms with van der Waals surface area (Å²) >= 11 is 0. The number of hydrogen-bond acceptors (Lipinski definition) is 6. The highest BCUT2D eigenvalue weighted by atomic mass is 32.2. The van der Waals surface area contributed by atoms with Crippen LogP contribution < -0.4 is 10.3 Å². The van der Waals surface area contributed by atoms with Crippen LogP contribution >= 0.6 is 0 Å². The molecule has 1 aliphatic heterocycles. The first kappa shape index (κ1) is 24.5. The molecule has 1 amide bonds. The Morgan fingerprint density at radius 3 is 2.30 bits per heavy atom. The van der Waals surface area contributed by atoms with Gasteiger partial charge in [0.15, 0.2) is 0 Å². The van der Waals surface area contributed by atoms with Crippen molar-refractivity contribution < 1.29 is 31.4 Å². The molecule has 0 radical (unpaired) electrons. The summed E-state index contributed by atoms with van der Waals surface area (Å²) in [6.45, 7) is 3.73. The Hall–Kier alpha value is -3.16. The second-order valence-electron chi connectivity index (χ2n) is 7.35.